The number of Topliss-reactive ketones (excluding diaryl/α,β-unsaturated/α-hetero) is 1. The van der Waals surface area contributed by atoms with Crippen molar-refractivity contribution in [1.82, 2.24) is 5.06 Å². The monoisotopic (exact) mass is 405 g/mol. The highest BCUT2D eigenvalue weighted by Gasteiger charge is 2.38. The first-order valence-electron chi connectivity index (χ1n) is 8.77. The summed E-state index contributed by atoms with van der Waals surface area (Å²) in [5.41, 5.74) is -1.89. The van der Waals surface area contributed by atoms with Gasteiger partial charge in [-0.3, -0.25) is 14.8 Å². The van der Waals surface area contributed by atoms with Gasteiger partial charge in [-0.15, -0.1) is 0 Å². The van der Waals surface area contributed by atoms with Gasteiger partial charge in [-0.05, 0) is 36.8 Å². The van der Waals surface area contributed by atoms with Crippen LogP contribution in [-0.4, -0.2) is 56.0 Å². The molecular formula is C20H23NO8. The molecule has 2 rings (SSSR count). The average Bonchev–Trinajstić information content (AvgIpc) is 2.65. The van der Waals surface area contributed by atoms with Gasteiger partial charge in [0.1, 0.15) is 11.4 Å². The number of aliphatic hydroxyl groups is 1. The van der Waals surface area contributed by atoms with Gasteiger partial charge in [-0.2, -0.15) is 0 Å². The van der Waals surface area contributed by atoms with Crippen molar-refractivity contribution in [3.8, 4) is 23.0 Å². The van der Waals surface area contributed by atoms with E-state index in [1.54, 1.807) is 31.2 Å². The molecule has 9 heteroatoms. The van der Waals surface area contributed by atoms with Crippen LogP contribution in [0.5, 0.6) is 23.0 Å². The number of hydrogen-bond donors (Lipinski definition) is 5. The van der Waals surface area contributed by atoms with Gasteiger partial charge >= 0.3 is 5.91 Å². The zero-order chi connectivity index (χ0) is 21.8. The maximum atomic E-state index is 12.3. The van der Waals surface area contributed by atoms with Crippen LogP contribution >= 0.6 is 0 Å². The number of ether oxygens (including phenoxy) is 1. The summed E-state index contributed by atoms with van der Waals surface area (Å²) in [5, 5.41) is 50.2. The zero-order valence-electron chi connectivity index (χ0n) is 16.0. The topological polar surface area (TPSA) is 148 Å². The van der Waals surface area contributed by atoms with Crippen molar-refractivity contribution >= 4 is 11.7 Å². The molecular weight excluding hydrogens is 382 g/mol. The summed E-state index contributed by atoms with van der Waals surface area (Å²) < 4.78 is 5.41. The number of benzene rings is 2. The number of carbonyl (C=O) groups excluding carboxylic acids is 2. The first-order valence-corrected chi connectivity index (χ1v) is 8.77. The van der Waals surface area contributed by atoms with Crippen molar-refractivity contribution in [1.29, 1.82) is 0 Å². The van der Waals surface area contributed by atoms with Gasteiger partial charge in [0, 0.05) is 25.5 Å². The number of hydrogen-bond acceptors (Lipinski definition) is 8. The number of ketones is 1. The molecule has 0 radical (unpaired) electrons. The zero-order valence-corrected chi connectivity index (χ0v) is 16.0. The minimum atomic E-state index is -2.14. The molecule has 0 aliphatic rings. The number of amides is 1. The van der Waals surface area contributed by atoms with Gasteiger partial charge in [-0.25, -0.2) is 5.06 Å². The predicted molar refractivity (Wildman–Crippen MR) is 101 cm³/mol. The van der Waals surface area contributed by atoms with Gasteiger partial charge in [0.05, 0.1) is 6.61 Å². The summed E-state index contributed by atoms with van der Waals surface area (Å²) in [5.74, 6) is -4.18. The van der Waals surface area contributed by atoms with Crippen LogP contribution in [0.15, 0.2) is 36.4 Å². The summed E-state index contributed by atoms with van der Waals surface area (Å²) >= 11 is 0. The van der Waals surface area contributed by atoms with Gasteiger partial charge in [0.25, 0.3) is 0 Å². The van der Waals surface area contributed by atoms with Crippen LogP contribution < -0.4 is 4.74 Å². The Hall–Kier alpha value is -3.30. The minimum Gasteiger partial charge on any atom is -0.504 e. The predicted octanol–water partition coefficient (Wildman–Crippen LogP) is 1.44. The van der Waals surface area contributed by atoms with Crippen molar-refractivity contribution in [2.75, 3.05) is 13.7 Å². The number of carbonyl (C=O) groups is 2. The van der Waals surface area contributed by atoms with Gasteiger partial charge in [-0.1, -0.05) is 12.1 Å². The number of phenols is 3. The standard InChI is InChI=1S/C20H23NO8/c1-3-29-13-6-4-5-12(9-13)10-20(27,11-16(23)19(26)21(2)28)14-7-8-15(22)18(25)17(14)24/h4-9,22,24-25,27-28H,3,10-11H2,1-2H3. The van der Waals surface area contributed by atoms with Crippen LogP contribution in [0, 0.1) is 0 Å². The number of likely N-dealkylation sites (N-methyl/N-ethyl adjacent to an activating group) is 1. The minimum absolute atomic E-state index is 0.0899. The molecule has 0 aliphatic heterocycles. The molecule has 1 atom stereocenters. The highest BCUT2D eigenvalue weighted by atomic mass is 16.5. The number of aromatic hydroxyl groups is 3. The third-order valence-corrected chi connectivity index (χ3v) is 4.32. The lowest BCUT2D eigenvalue weighted by atomic mass is 9.82. The smallest absolute Gasteiger partial charge is 0.313 e. The van der Waals surface area contributed by atoms with Crippen LogP contribution in [0.4, 0.5) is 0 Å². The third-order valence-electron chi connectivity index (χ3n) is 4.32. The molecule has 0 spiro atoms. The van der Waals surface area contributed by atoms with Crippen LogP contribution in [-0.2, 0) is 21.6 Å². The van der Waals surface area contributed by atoms with Crippen molar-refractivity contribution in [3.05, 3.63) is 47.5 Å². The molecule has 2 aromatic carbocycles. The molecule has 2 aromatic rings. The second-order valence-corrected chi connectivity index (χ2v) is 6.55. The normalized spacial score (nSPS) is 12.8. The molecule has 156 valence electrons. The Kier molecular flexibility index (Phi) is 6.68. The van der Waals surface area contributed by atoms with Gasteiger partial charge in [0.2, 0.25) is 11.5 Å². The lowest BCUT2D eigenvalue weighted by Gasteiger charge is -2.29. The number of hydroxylamine groups is 2. The fourth-order valence-corrected chi connectivity index (χ4v) is 2.97. The van der Waals surface area contributed by atoms with E-state index in [1.165, 1.54) is 0 Å². The molecule has 0 saturated carbocycles. The average molecular weight is 405 g/mol. The molecule has 0 aliphatic carbocycles. The van der Waals surface area contributed by atoms with E-state index in [1.807, 2.05) is 0 Å². The van der Waals surface area contributed by atoms with Gasteiger partial charge in [0.15, 0.2) is 11.5 Å². The van der Waals surface area contributed by atoms with Crippen molar-refractivity contribution in [2.24, 2.45) is 0 Å². The Morgan fingerprint density at radius 3 is 2.41 bits per heavy atom. The first-order chi connectivity index (χ1) is 13.6. The maximum Gasteiger partial charge on any atom is 0.313 e. The largest absolute Gasteiger partial charge is 0.504 e. The van der Waals surface area contributed by atoms with E-state index in [9.17, 15) is 35.2 Å². The van der Waals surface area contributed by atoms with E-state index >= 15 is 0 Å². The molecule has 5 N–H and O–H groups in total. The van der Waals surface area contributed by atoms with Crippen LogP contribution in [0.1, 0.15) is 24.5 Å². The summed E-state index contributed by atoms with van der Waals surface area (Å²) in [6.45, 7) is 2.21. The number of nitrogens with zero attached hydrogens (tertiary/aromatic N) is 1. The van der Waals surface area contributed by atoms with E-state index in [-0.39, 0.29) is 17.0 Å². The lowest BCUT2D eigenvalue weighted by Crippen LogP contribution is -2.38. The molecule has 0 saturated heterocycles. The molecule has 1 unspecified atom stereocenters. The second-order valence-electron chi connectivity index (χ2n) is 6.55. The van der Waals surface area contributed by atoms with E-state index in [2.05, 4.69) is 0 Å². The number of phenolic OH excluding ortho intramolecular Hbond substituents is 3. The molecule has 0 fully saturated rings. The fourth-order valence-electron chi connectivity index (χ4n) is 2.97. The Morgan fingerprint density at radius 2 is 1.79 bits per heavy atom. The number of rotatable bonds is 8. The van der Waals surface area contributed by atoms with Crippen LogP contribution in [0.25, 0.3) is 0 Å². The maximum absolute atomic E-state index is 12.3. The second kappa shape index (κ2) is 8.80. The highest BCUT2D eigenvalue weighted by Crippen LogP contribution is 2.44. The van der Waals surface area contributed by atoms with E-state index in [0.29, 0.717) is 17.9 Å². The summed E-state index contributed by atoms with van der Waals surface area (Å²) in [6, 6.07) is 8.81. The molecule has 9 nitrogen and oxygen atoms in total. The Labute approximate surface area is 167 Å². The van der Waals surface area contributed by atoms with Gasteiger partial charge < -0.3 is 25.2 Å². The van der Waals surface area contributed by atoms with Crippen molar-refractivity contribution in [3.63, 3.8) is 0 Å². The van der Waals surface area contributed by atoms with Crippen molar-refractivity contribution in [2.45, 2.75) is 25.4 Å². The van der Waals surface area contributed by atoms with E-state index < -0.39 is 41.0 Å². The van der Waals surface area contributed by atoms with E-state index in [0.717, 1.165) is 19.2 Å². The Morgan fingerprint density at radius 1 is 1.10 bits per heavy atom. The quantitative estimate of drug-likeness (QED) is 0.192. The van der Waals surface area contributed by atoms with Crippen LogP contribution in [0.3, 0.4) is 0 Å². The third kappa shape index (κ3) is 4.95. The van der Waals surface area contributed by atoms with Crippen LogP contribution in [0.2, 0.25) is 0 Å². The summed E-state index contributed by atoms with van der Waals surface area (Å²) in [7, 11) is 0.967. The molecule has 29 heavy (non-hydrogen) atoms. The summed E-state index contributed by atoms with van der Waals surface area (Å²) in [4.78, 5) is 24.1. The SMILES string of the molecule is CCOc1cccc(CC(O)(CC(=O)C(=O)N(C)O)c2ccc(O)c(O)c2O)c1. The highest BCUT2D eigenvalue weighted by molar-refractivity contribution is 6.35. The Bertz CT molecular complexity index is 911. The fraction of sp³-hybridized carbons (Fsp3) is 0.300. The molecule has 0 aromatic heterocycles. The Balaban J connectivity index is 2.51. The molecule has 0 heterocycles. The molecule has 1 amide bonds. The summed E-state index contributed by atoms with van der Waals surface area (Å²) in [6.07, 6.45) is -1.03. The molecule has 0 bridgehead atoms. The van der Waals surface area contributed by atoms with Crippen molar-refractivity contribution < 1.29 is 40.0 Å². The van der Waals surface area contributed by atoms with E-state index in [4.69, 9.17) is 4.74 Å². The lowest BCUT2D eigenvalue weighted by molar-refractivity contribution is -0.167. The first kappa shape index (κ1) is 22.0.